The maximum absolute atomic E-state index is 11.9. The Balaban J connectivity index is 1.48. The van der Waals surface area contributed by atoms with Crippen LogP contribution in [-0.4, -0.2) is 29.2 Å². The zero-order valence-corrected chi connectivity index (χ0v) is 19.0. The largest absolute Gasteiger partial charge is 0.390 e. The van der Waals surface area contributed by atoms with Gasteiger partial charge in [0.05, 0.1) is 11.7 Å². The molecule has 3 saturated carbocycles. The second kappa shape index (κ2) is 7.34. The van der Waals surface area contributed by atoms with Crippen LogP contribution in [0.4, 0.5) is 0 Å². The molecule has 0 aromatic heterocycles. The van der Waals surface area contributed by atoms with Crippen LogP contribution in [0.25, 0.3) is 0 Å². The van der Waals surface area contributed by atoms with Gasteiger partial charge in [0.25, 0.3) is 0 Å². The fourth-order valence-corrected chi connectivity index (χ4v) is 7.62. The van der Waals surface area contributed by atoms with Gasteiger partial charge in [-0.2, -0.15) is 0 Å². The minimum Gasteiger partial charge on any atom is -0.390 e. The van der Waals surface area contributed by atoms with Gasteiger partial charge in [0.1, 0.15) is 0 Å². The highest BCUT2D eigenvalue weighted by molar-refractivity contribution is 6.01. The van der Waals surface area contributed by atoms with E-state index in [2.05, 4.69) is 26.8 Å². The van der Waals surface area contributed by atoms with E-state index < -0.39 is 5.60 Å². The highest BCUT2D eigenvalue weighted by atomic mass is 16.5. The summed E-state index contributed by atoms with van der Waals surface area (Å²) >= 11 is 0. The van der Waals surface area contributed by atoms with Gasteiger partial charge in [0.2, 0.25) is 0 Å². The van der Waals surface area contributed by atoms with Gasteiger partial charge in [-0.05, 0) is 107 Å². The molecule has 0 aromatic rings. The molecule has 0 aliphatic heterocycles. The van der Waals surface area contributed by atoms with Gasteiger partial charge in [-0.1, -0.05) is 25.5 Å². The Hall–Kier alpha value is -0.930. The van der Waals surface area contributed by atoms with Crippen molar-refractivity contribution in [2.45, 2.75) is 91.3 Å². The number of fused-ring (bicyclic) bond motifs is 5. The summed E-state index contributed by atoms with van der Waals surface area (Å²) in [5, 5.41) is 9.99. The van der Waals surface area contributed by atoms with Crippen LogP contribution in [0.1, 0.15) is 79.6 Å². The van der Waals surface area contributed by atoms with E-state index in [-0.39, 0.29) is 17.3 Å². The Morgan fingerprint density at radius 1 is 1.21 bits per heavy atom. The number of hydrogen-bond acceptors (Lipinski definition) is 3. The topological polar surface area (TPSA) is 46.5 Å². The molecule has 7 atom stereocenters. The lowest BCUT2D eigenvalue weighted by Gasteiger charge is -2.57. The van der Waals surface area contributed by atoms with Crippen LogP contribution >= 0.6 is 0 Å². The standard InChI is InChI=1S/C26H40O3/c1-17(29-15-14-24(2,3)28)21-8-9-22-20-7-6-18-16-19(27)10-12-25(18,4)23(20)11-13-26(21,22)5/h10,12,16-17,20-23,28H,6-9,11,13-15H2,1-5H3/t17-,20-,21+,22-,23-,25-,26+/m0/s1. The summed E-state index contributed by atoms with van der Waals surface area (Å²) in [5.74, 6) is 3.01. The summed E-state index contributed by atoms with van der Waals surface area (Å²) in [4.78, 5) is 11.9. The van der Waals surface area contributed by atoms with Gasteiger partial charge >= 0.3 is 0 Å². The van der Waals surface area contributed by atoms with Crippen LogP contribution in [0, 0.1) is 34.5 Å². The summed E-state index contributed by atoms with van der Waals surface area (Å²) in [6, 6.07) is 0. The van der Waals surface area contributed by atoms with E-state index in [4.69, 9.17) is 4.74 Å². The third-order valence-electron chi connectivity index (χ3n) is 9.29. The molecule has 162 valence electrons. The minimum atomic E-state index is -0.655. The first-order valence-electron chi connectivity index (χ1n) is 11.8. The summed E-state index contributed by atoms with van der Waals surface area (Å²) < 4.78 is 6.25. The third kappa shape index (κ3) is 3.67. The van der Waals surface area contributed by atoms with E-state index in [0.717, 1.165) is 18.3 Å². The molecule has 3 fully saturated rings. The first kappa shape index (κ1) is 21.3. The number of ketones is 1. The quantitative estimate of drug-likeness (QED) is 0.665. The summed E-state index contributed by atoms with van der Waals surface area (Å²) in [6.07, 6.45) is 14.4. The van der Waals surface area contributed by atoms with Crippen LogP contribution in [0.2, 0.25) is 0 Å². The van der Waals surface area contributed by atoms with Gasteiger partial charge in [-0.3, -0.25) is 4.79 Å². The predicted molar refractivity (Wildman–Crippen MR) is 116 cm³/mol. The second-order valence-corrected chi connectivity index (χ2v) is 11.5. The Morgan fingerprint density at radius 2 is 1.97 bits per heavy atom. The van der Waals surface area contributed by atoms with Crippen LogP contribution in [-0.2, 0) is 9.53 Å². The molecule has 0 spiro atoms. The van der Waals surface area contributed by atoms with Crippen molar-refractivity contribution in [2.75, 3.05) is 6.61 Å². The van der Waals surface area contributed by atoms with Crippen molar-refractivity contribution in [3.8, 4) is 0 Å². The SMILES string of the molecule is C[C@H](OCCC(C)(C)O)[C@H]1CC[C@H]2[C@@H]3CCC4=CC(=O)C=C[C@]4(C)[C@H]3CC[C@]12C. The van der Waals surface area contributed by atoms with Gasteiger partial charge in [-0.25, -0.2) is 0 Å². The number of carbonyl (C=O) groups excluding carboxylic acids is 1. The number of rotatable bonds is 5. The van der Waals surface area contributed by atoms with Crippen LogP contribution in [0.5, 0.6) is 0 Å². The molecule has 0 aromatic carbocycles. The molecule has 1 N–H and O–H groups in total. The third-order valence-corrected chi connectivity index (χ3v) is 9.29. The molecule has 0 amide bonds. The van der Waals surface area contributed by atoms with Gasteiger partial charge < -0.3 is 9.84 Å². The van der Waals surface area contributed by atoms with Gasteiger partial charge in [-0.15, -0.1) is 0 Å². The average molecular weight is 401 g/mol. The molecular formula is C26H40O3. The molecule has 4 aliphatic rings. The van der Waals surface area contributed by atoms with Gasteiger partial charge in [0, 0.05) is 12.0 Å². The number of aliphatic hydroxyl groups is 1. The van der Waals surface area contributed by atoms with E-state index in [1.807, 2.05) is 26.0 Å². The zero-order chi connectivity index (χ0) is 21.0. The van der Waals surface area contributed by atoms with Crippen molar-refractivity contribution >= 4 is 5.78 Å². The maximum Gasteiger partial charge on any atom is 0.178 e. The van der Waals surface area contributed by atoms with Crippen LogP contribution < -0.4 is 0 Å². The van der Waals surface area contributed by atoms with Gasteiger partial charge in [0.15, 0.2) is 5.78 Å². The van der Waals surface area contributed by atoms with E-state index in [0.29, 0.717) is 30.3 Å². The Morgan fingerprint density at radius 3 is 2.69 bits per heavy atom. The van der Waals surface area contributed by atoms with E-state index in [1.54, 1.807) is 0 Å². The first-order valence-corrected chi connectivity index (χ1v) is 11.8. The molecule has 0 saturated heterocycles. The minimum absolute atomic E-state index is 0.0884. The lowest BCUT2D eigenvalue weighted by Crippen LogP contribution is -2.50. The lowest BCUT2D eigenvalue weighted by molar-refractivity contribution is -0.111. The Bertz CT molecular complexity index is 714. The molecule has 29 heavy (non-hydrogen) atoms. The van der Waals surface area contributed by atoms with Crippen molar-refractivity contribution in [1.82, 2.24) is 0 Å². The van der Waals surface area contributed by atoms with E-state index in [9.17, 15) is 9.90 Å². The highest BCUT2D eigenvalue weighted by Crippen LogP contribution is 2.66. The molecular weight excluding hydrogens is 360 g/mol. The summed E-state index contributed by atoms with van der Waals surface area (Å²) in [5.41, 5.74) is 1.18. The predicted octanol–water partition coefficient (Wildman–Crippen LogP) is 5.48. The molecule has 4 rings (SSSR count). The normalized spacial score (nSPS) is 42.7. The Labute approximate surface area is 177 Å². The molecule has 0 radical (unpaired) electrons. The molecule has 3 nitrogen and oxygen atoms in total. The Kier molecular flexibility index (Phi) is 5.39. The van der Waals surface area contributed by atoms with E-state index in [1.165, 1.54) is 37.7 Å². The van der Waals surface area contributed by atoms with Crippen molar-refractivity contribution in [1.29, 1.82) is 0 Å². The van der Waals surface area contributed by atoms with E-state index >= 15 is 0 Å². The summed E-state index contributed by atoms with van der Waals surface area (Å²) in [6.45, 7) is 11.5. The smallest absolute Gasteiger partial charge is 0.178 e. The molecule has 0 heterocycles. The lowest BCUT2D eigenvalue weighted by atomic mass is 9.47. The first-order chi connectivity index (χ1) is 13.5. The monoisotopic (exact) mass is 400 g/mol. The zero-order valence-electron chi connectivity index (χ0n) is 19.0. The van der Waals surface area contributed by atoms with Crippen molar-refractivity contribution in [3.63, 3.8) is 0 Å². The number of allylic oxidation sites excluding steroid dienone is 4. The number of hydrogen-bond donors (Lipinski definition) is 1. The number of ether oxygens (including phenoxy) is 1. The molecule has 0 bridgehead atoms. The maximum atomic E-state index is 11.9. The number of carbonyl (C=O) groups is 1. The van der Waals surface area contributed by atoms with Crippen molar-refractivity contribution in [2.24, 2.45) is 34.5 Å². The molecule has 0 unspecified atom stereocenters. The van der Waals surface area contributed by atoms with Crippen LogP contribution in [0.3, 0.4) is 0 Å². The van der Waals surface area contributed by atoms with Crippen LogP contribution in [0.15, 0.2) is 23.8 Å². The second-order valence-electron chi connectivity index (χ2n) is 11.5. The fourth-order valence-electron chi connectivity index (χ4n) is 7.62. The fraction of sp³-hybridized carbons (Fsp3) is 0.808. The molecule has 3 heteroatoms. The highest BCUT2D eigenvalue weighted by Gasteiger charge is 2.59. The van der Waals surface area contributed by atoms with Crippen molar-refractivity contribution in [3.05, 3.63) is 23.8 Å². The molecule has 4 aliphatic carbocycles. The summed E-state index contributed by atoms with van der Waals surface area (Å²) in [7, 11) is 0. The average Bonchev–Trinajstić information content (AvgIpc) is 2.98. The van der Waals surface area contributed by atoms with Crippen molar-refractivity contribution < 1.29 is 14.6 Å².